The molecule has 0 saturated carbocycles. The molecule has 10 heteroatoms. The Morgan fingerprint density at radius 2 is 1.66 bits per heavy atom. The summed E-state index contributed by atoms with van der Waals surface area (Å²) in [6.07, 6.45) is 0.811. The number of nitrogens with zero attached hydrogens (tertiary/aromatic N) is 4. The number of benzene rings is 1. The average molecular weight is 469 g/mol. The fourth-order valence-corrected chi connectivity index (χ4v) is 5.47. The minimum Gasteiger partial charge on any atom is -0.339 e. The van der Waals surface area contributed by atoms with Crippen molar-refractivity contribution in [2.75, 3.05) is 10.0 Å². The monoisotopic (exact) mass is 468 g/mol. The van der Waals surface area contributed by atoms with Crippen LogP contribution in [-0.4, -0.2) is 28.4 Å². The van der Waals surface area contributed by atoms with Gasteiger partial charge in [-0.2, -0.15) is 5.10 Å². The van der Waals surface area contributed by atoms with Crippen molar-refractivity contribution in [1.82, 2.24) is 20.0 Å². The fourth-order valence-electron chi connectivity index (χ4n) is 3.12. The van der Waals surface area contributed by atoms with Gasteiger partial charge in [-0.3, -0.25) is 4.72 Å². The molecule has 4 aromatic rings. The zero-order chi connectivity index (χ0) is 22.9. The molecule has 0 radical (unpaired) electrons. The van der Waals surface area contributed by atoms with E-state index in [2.05, 4.69) is 25.3 Å². The summed E-state index contributed by atoms with van der Waals surface area (Å²) in [6.45, 7) is 8.00. The van der Waals surface area contributed by atoms with E-state index >= 15 is 0 Å². The molecule has 0 aliphatic rings. The van der Waals surface area contributed by atoms with Crippen LogP contribution in [0.2, 0.25) is 0 Å². The maximum absolute atomic E-state index is 12.6. The third-order valence-electron chi connectivity index (χ3n) is 5.18. The molecule has 0 spiro atoms. The molecule has 8 nitrogen and oxygen atoms in total. The maximum atomic E-state index is 12.6. The van der Waals surface area contributed by atoms with Gasteiger partial charge in [0.15, 0.2) is 11.6 Å². The highest BCUT2D eigenvalue weighted by Crippen LogP contribution is 2.25. The highest BCUT2D eigenvalue weighted by molar-refractivity contribution is 7.94. The molecular weight excluding hydrogens is 444 g/mol. The van der Waals surface area contributed by atoms with Gasteiger partial charge in [0.05, 0.1) is 5.69 Å². The van der Waals surface area contributed by atoms with Crippen molar-refractivity contribution in [2.45, 2.75) is 38.3 Å². The number of hydrogen-bond donors (Lipinski definition) is 2. The van der Waals surface area contributed by atoms with Crippen LogP contribution in [0, 0.1) is 20.8 Å². The zero-order valence-corrected chi connectivity index (χ0v) is 19.9. The van der Waals surface area contributed by atoms with Crippen LogP contribution in [-0.2, 0) is 16.4 Å². The molecule has 0 aliphatic heterocycles. The normalized spacial score (nSPS) is 11.5. The van der Waals surface area contributed by atoms with Crippen molar-refractivity contribution in [3.8, 4) is 5.82 Å². The van der Waals surface area contributed by atoms with Gasteiger partial charge in [-0.1, -0.05) is 6.92 Å². The minimum atomic E-state index is -3.59. The standard InChI is InChI=1S/C22H24N6O2S2/c1-5-19-10-13-22(31-19)32(29,30)27-18-8-6-17(7-9-18)23-20-11-12-21(25-24-20)28-16(4)14(2)15(3)26-28/h6-13,27H,5H2,1-4H3,(H,23,24). The van der Waals surface area contributed by atoms with Crippen LogP contribution in [0.3, 0.4) is 0 Å². The summed E-state index contributed by atoms with van der Waals surface area (Å²) in [4.78, 5) is 1.03. The van der Waals surface area contributed by atoms with E-state index in [0.717, 1.165) is 33.9 Å². The summed E-state index contributed by atoms with van der Waals surface area (Å²) in [7, 11) is -3.59. The van der Waals surface area contributed by atoms with Crippen LogP contribution < -0.4 is 10.0 Å². The Labute approximate surface area is 191 Å². The molecule has 0 amide bonds. The van der Waals surface area contributed by atoms with E-state index in [-0.39, 0.29) is 0 Å². The molecule has 0 fully saturated rings. The van der Waals surface area contributed by atoms with Gasteiger partial charge in [0, 0.05) is 21.9 Å². The third kappa shape index (κ3) is 4.51. The van der Waals surface area contributed by atoms with E-state index in [1.54, 1.807) is 35.0 Å². The van der Waals surface area contributed by atoms with Crippen LogP contribution in [0.1, 0.15) is 28.8 Å². The van der Waals surface area contributed by atoms with Crippen LogP contribution in [0.4, 0.5) is 17.2 Å². The lowest BCUT2D eigenvalue weighted by molar-refractivity contribution is 0.603. The molecule has 4 rings (SSSR count). The predicted molar refractivity (Wildman–Crippen MR) is 128 cm³/mol. The first-order chi connectivity index (χ1) is 15.3. The van der Waals surface area contributed by atoms with Crippen molar-refractivity contribution in [2.24, 2.45) is 0 Å². The van der Waals surface area contributed by atoms with E-state index in [1.807, 2.05) is 45.9 Å². The highest BCUT2D eigenvalue weighted by atomic mass is 32.2. The molecule has 0 saturated heterocycles. The van der Waals surface area contributed by atoms with E-state index in [0.29, 0.717) is 21.5 Å². The Hall–Kier alpha value is -3.24. The Balaban J connectivity index is 1.44. The second-order valence-corrected chi connectivity index (χ2v) is 10.4. The number of anilines is 3. The van der Waals surface area contributed by atoms with Crippen molar-refractivity contribution in [3.05, 3.63) is 70.4 Å². The molecule has 1 aromatic carbocycles. The summed E-state index contributed by atoms with van der Waals surface area (Å²) in [5.41, 5.74) is 4.38. The van der Waals surface area contributed by atoms with Crippen molar-refractivity contribution in [1.29, 1.82) is 0 Å². The van der Waals surface area contributed by atoms with Gasteiger partial charge in [0.1, 0.15) is 4.21 Å². The summed E-state index contributed by atoms with van der Waals surface area (Å²) >= 11 is 1.28. The van der Waals surface area contributed by atoms with Gasteiger partial charge in [-0.25, -0.2) is 13.1 Å². The van der Waals surface area contributed by atoms with E-state index in [4.69, 9.17) is 0 Å². The first-order valence-corrected chi connectivity index (χ1v) is 12.4. The van der Waals surface area contributed by atoms with Gasteiger partial charge in [0.2, 0.25) is 0 Å². The number of hydrogen-bond acceptors (Lipinski definition) is 7. The number of aryl methyl sites for hydroxylation is 2. The smallest absolute Gasteiger partial charge is 0.271 e. The Morgan fingerprint density at radius 3 is 2.22 bits per heavy atom. The van der Waals surface area contributed by atoms with Crippen LogP contribution in [0.5, 0.6) is 0 Å². The van der Waals surface area contributed by atoms with Crippen LogP contribution >= 0.6 is 11.3 Å². The molecule has 3 aromatic heterocycles. The van der Waals surface area contributed by atoms with Crippen molar-refractivity contribution >= 4 is 38.6 Å². The van der Waals surface area contributed by atoms with Crippen LogP contribution in [0.25, 0.3) is 5.82 Å². The van der Waals surface area contributed by atoms with Gasteiger partial charge < -0.3 is 5.32 Å². The lowest BCUT2D eigenvalue weighted by Gasteiger charge is -2.09. The van der Waals surface area contributed by atoms with E-state index < -0.39 is 10.0 Å². The lowest BCUT2D eigenvalue weighted by Crippen LogP contribution is -2.11. The van der Waals surface area contributed by atoms with Gasteiger partial charge >= 0.3 is 0 Å². The molecule has 0 unspecified atom stereocenters. The topological polar surface area (TPSA) is 102 Å². The second-order valence-electron chi connectivity index (χ2n) is 7.37. The van der Waals surface area contributed by atoms with Crippen molar-refractivity contribution < 1.29 is 8.42 Å². The quantitative estimate of drug-likeness (QED) is 0.406. The summed E-state index contributed by atoms with van der Waals surface area (Å²) in [6, 6.07) is 14.1. The molecule has 0 atom stereocenters. The summed E-state index contributed by atoms with van der Waals surface area (Å²) in [5.74, 6) is 1.22. The molecule has 166 valence electrons. The van der Waals surface area contributed by atoms with Crippen LogP contribution in [0.15, 0.2) is 52.7 Å². The van der Waals surface area contributed by atoms with E-state index in [1.165, 1.54) is 11.3 Å². The molecular formula is C22H24N6O2S2. The maximum Gasteiger partial charge on any atom is 0.271 e. The Kier molecular flexibility index (Phi) is 5.98. The summed E-state index contributed by atoms with van der Waals surface area (Å²) < 4.78 is 29.8. The number of nitrogens with one attached hydrogen (secondary N) is 2. The average Bonchev–Trinajstić information content (AvgIpc) is 3.37. The first kappa shape index (κ1) is 22.0. The number of thiophene rings is 1. The first-order valence-electron chi connectivity index (χ1n) is 10.1. The lowest BCUT2D eigenvalue weighted by atomic mass is 10.2. The zero-order valence-electron chi connectivity index (χ0n) is 18.2. The van der Waals surface area contributed by atoms with Gasteiger partial charge in [0.25, 0.3) is 10.0 Å². The SMILES string of the molecule is CCc1ccc(S(=O)(=O)Nc2ccc(Nc3ccc(-n4nc(C)c(C)c4C)nn3)cc2)s1. The molecule has 32 heavy (non-hydrogen) atoms. The number of rotatable bonds is 7. The largest absolute Gasteiger partial charge is 0.339 e. The van der Waals surface area contributed by atoms with Crippen molar-refractivity contribution in [3.63, 3.8) is 0 Å². The second kappa shape index (κ2) is 8.71. The Morgan fingerprint density at radius 1 is 0.938 bits per heavy atom. The molecule has 2 N–H and O–H groups in total. The number of sulfonamides is 1. The Bertz CT molecular complexity index is 1340. The minimum absolute atomic E-state index is 0.310. The molecule has 0 bridgehead atoms. The summed E-state index contributed by atoms with van der Waals surface area (Å²) in [5, 5.41) is 16.2. The van der Waals surface area contributed by atoms with E-state index in [9.17, 15) is 8.42 Å². The number of aromatic nitrogens is 4. The van der Waals surface area contributed by atoms with Gasteiger partial charge in [-0.15, -0.1) is 21.5 Å². The molecule has 3 heterocycles. The molecule has 0 aliphatic carbocycles. The van der Waals surface area contributed by atoms with Gasteiger partial charge in [-0.05, 0) is 81.3 Å². The highest BCUT2D eigenvalue weighted by Gasteiger charge is 2.17. The predicted octanol–water partition coefficient (Wildman–Crippen LogP) is 4.76. The fraction of sp³-hybridized carbons (Fsp3) is 0.227. The third-order valence-corrected chi connectivity index (χ3v) is 8.28.